The number of piperidine rings is 1. The van der Waals surface area contributed by atoms with Crippen molar-refractivity contribution in [2.45, 2.75) is 69.9 Å². The van der Waals surface area contributed by atoms with Gasteiger partial charge in [0.25, 0.3) is 0 Å². The highest BCUT2D eigenvalue weighted by Crippen LogP contribution is 2.42. The molecular weight excluding hydrogens is 304 g/mol. The summed E-state index contributed by atoms with van der Waals surface area (Å²) in [6.07, 6.45) is 9.24. The minimum atomic E-state index is -0.587. The number of hydrogen-bond acceptors (Lipinski definition) is 4. The summed E-state index contributed by atoms with van der Waals surface area (Å²) in [6, 6.07) is 1.37. The van der Waals surface area contributed by atoms with Gasteiger partial charge in [-0.25, -0.2) is 0 Å². The molecule has 2 aliphatic heterocycles. The van der Waals surface area contributed by atoms with Gasteiger partial charge in [-0.15, -0.1) is 0 Å². The van der Waals surface area contributed by atoms with Crippen molar-refractivity contribution < 1.29 is 9.59 Å². The Morgan fingerprint density at radius 1 is 1.33 bits per heavy atom. The van der Waals surface area contributed by atoms with Crippen LogP contribution in [0.4, 0.5) is 0 Å². The molecule has 0 bridgehead atoms. The van der Waals surface area contributed by atoms with E-state index in [9.17, 15) is 14.9 Å². The Labute approximate surface area is 143 Å². The second kappa shape index (κ2) is 7.52. The van der Waals surface area contributed by atoms with Crippen LogP contribution in [0.3, 0.4) is 0 Å². The summed E-state index contributed by atoms with van der Waals surface area (Å²) >= 11 is 0. The van der Waals surface area contributed by atoms with Crippen LogP contribution in [0.25, 0.3) is 0 Å². The fraction of sp³-hybridized carbons (Fsp3) is 0.833. The molecule has 3 rings (SSSR count). The summed E-state index contributed by atoms with van der Waals surface area (Å²) in [4.78, 5) is 24.4. The van der Waals surface area contributed by atoms with Crippen molar-refractivity contribution in [2.24, 2.45) is 11.3 Å². The molecule has 24 heavy (non-hydrogen) atoms. The lowest BCUT2D eigenvalue weighted by atomic mass is 9.72. The van der Waals surface area contributed by atoms with Crippen molar-refractivity contribution in [1.82, 2.24) is 16.0 Å². The standard InChI is InChI=1S/C18H28N4O2/c19-11-14(9-13-5-4-8-20-16(13)23)22-17(24)15-10-18(12-21-15)6-2-1-3-7-18/h13-15,21H,1-10,12H2,(H,20,23)(H,22,24)/t13-,14-,15?/m0/s1. The molecule has 1 unspecified atom stereocenters. The van der Waals surface area contributed by atoms with Gasteiger partial charge >= 0.3 is 0 Å². The zero-order chi connectivity index (χ0) is 17.0. The molecule has 6 nitrogen and oxygen atoms in total. The third-order valence-corrected chi connectivity index (χ3v) is 5.98. The Hall–Kier alpha value is -1.61. The zero-order valence-corrected chi connectivity index (χ0v) is 14.3. The van der Waals surface area contributed by atoms with Gasteiger partial charge in [-0.2, -0.15) is 5.26 Å². The highest BCUT2D eigenvalue weighted by atomic mass is 16.2. The Kier molecular flexibility index (Phi) is 5.40. The van der Waals surface area contributed by atoms with Crippen LogP contribution in [0.5, 0.6) is 0 Å². The molecule has 2 saturated heterocycles. The number of carbonyl (C=O) groups excluding carboxylic acids is 2. The van der Waals surface area contributed by atoms with Crippen molar-refractivity contribution in [1.29, 1.82) is 5.26 Å². The van der Waals surface area contributed by atoms with E-state index < -0.39 is 6.04 Å². The van der Waals surface area contributed by atoms with E-state index in [1.807, 2.05) is 0 Å². The maximum Gasteiger partial charge on any atom is 0.238 e. The van der Waals surface area contributed by atoms with Crippen molar-refractivity contribution in [3.8, 4) is 6.07 Å². The fourth-order valence-electron chi connectivity index (χ4n) is 4.55. The first-order chi connectivity index (χ1) is 11.6. The molecule has 3 N–H and O–H groups in total. The van der Waals surface area contributed by atoms with Gasteiger partial charge in [0.15, 0.2) is 0 Å². The van der Waals surface area contributed by atoms with Gasteiger partial charge in [-0.3, -0.25) is 9.59 Å². The SMILES string of the molecule is N#C[C@H](C[C@@H]1CCCNC1=O)NC(=O)C1CC2(CCCCC2)CN1. The number of amides is 2. The third-order valence-electron chi connectivity index (χ3n) is 5.98. The quantitative estimate of drug-likeness (QED) is 0.721. The molecule has 3 fully saturated rings. The Morgan fingerprint density at radius 3 is 2.83 bits per heavy atom. The van der Waals surface area contributed by atoms with Crippen LogP contribution < -0.4 is 16.0 Å². The Bertz CT molecular complexity index is 522. The van der Waals surface area contributed by atoms with E-state index in [4.69, 9.17) is 0 Å². The molecule has 1 saturated carbocycles. The van der Waals surface area contributed by atoms with Gasteiger partial charge in [-0.05, 0) is 43.9 Å². The van der Waals surface area contributed by atoms with Gasteiger partial charge in [-0.1, -0.05) is 19.3 Å². The Balaban J connectivity index is 1.51. The molecule has 3 aliphatic rings. The van der Waals surface area contributed by atoms with Crippen LogP contribution in [0, 0.1) is 22.7 Å². The molecule has 6 heteroatoms. The van der Waals surface area contributed by atoms with Crippen molar-refractivity contribution in [3.63, 3.8) is 0 Å². The number of rotatable bonds is 4. The molecule has 0 aromatic carbocycles. The lowest BCUT2D eigenvalue weighted by Crippen LogP contribution is -2.47. The first-order valence-electron chi connectivity index (χ1n) is 9.33. The molecule has 2 amide bonds. The average molecular weight is 332 g/mol. The van der Waals surface area contributed by atoms with Gasteiger partial charge in [0.05, 0.1) is 12.1 Å². The monoisotopic (exact) mass is 332 g/mol. The van der Waals surface area contributed by atoms with Gasteiger partial charge in [0.1, 0.15) is 6.04 Å². The highest BCUT2D eigenvalue weighted by Gasteiger charge is 2.42. The fourth-order valence-corrected chi connectivity index (χ4v) is 4.55. The first-order valence-corrected chi connectivity index (χ1v) is 9.33. The van der Waals surface area contributed by atoms with Crippen molar-refractivity contribution >= 4 is 11.8 Å². The summed E-state index contributed by atoms with van der Waals surface area (Å²) < 4.78 is 0. The molecule has 0 aromatic rings. The molecule has 0 radical (unpaired) electrons. The largest absolute Gasteiger partial charge is 0.356 e. The molecule has 3 atom stereocenters. The Morgan fingerprint density at radius 2 is 2.12 bits per heavy atom. The van der Waals surface area contributed by atoms with Crippen LogP contribution in [0.2, 0.25) is 0 Å². The maximum absolute atomic E-state index is 12.5. The number of nitrogens with one attached hydrogen (secondary N) is 3. The first kappa shape index (κ1) is 17.2. The van der Waals surface area contributed by atoms with E-state index in [0.717, 1.165) is 25.8 Å². The van der Waals surface area contributed by atoms with Crippen LogP contribution in [-0.2, 0) is 9.59 Å². The predicted molar refractivity (Wildman–Crippen MR) is 89.8 cm³/mol. The molecule has 1 spiro atoms. The second-order valence-corrected chi connectivity index (χ2v) is 7.75. The molecular formula is C18H28N4O2. The average Bonchev–Trinajstić information content (AvgIpc) is 3.00. The number of carbonyl (C=O) groups is 2. The molecule has 2 heterocycles. The van der Waals surface area contributed by atoms with E-state index in [-0.39, 0.29) is 29.2 Å². The second-order valence-electron chi connectivity index (χ2n) is 7.75. The maximum atomic E-state index is 12.5. The topological polar surface area (TPSA) is 94.0 Å². The summed E-state index contributed by atoms with van der Waals surface area (Å²) in [5.74, 6) is -0.235. The van der Waals surface area contributed by atoms with Crippen LogP contribution in [-0.4, -0.2) is 37.0 Å². The summed E-state index contributed by atoms with van der Waals surface area (Å²) in [7, 11) is 0. The summed E-state index contributed by atoms with van der Waals surface area (Å²) in [5.41, 5.74) is 0.283. The number of hydrogen-bond donors (Lipinski definition) is 3. The highest BCUT2D eigenvalue weighted by molar-refractivity contribution is 5.83. The van der Waals surface area contributed by atoms with E-state index in [0.29, 0.717) is 13.0 Å². The predicted octanol–water partition coefficient (Wildman–Crippen LogP) is 1.22. The van der Waals surface area contributed by atoms with Gasteiger partial charge in [0, 0.05) is 19.0 Å². The lowest BCUT2D eigenvalue weighted by molar-refractivity contribution is -0.128. The molecule has 1 aliphatic carbocycles. The molecule has 132 valence electrons. The zero-order valence-electron chi connectivity index (χ0n) is 14.3. The van der Waals surface area contributed by atoms with Crippen LogP contribution in [0.1, 0.15) is 57.8 Å². The number of nitriles is 1. The van der Waals surface area contributed by atoms with E-state index in [1.165, 1.54) is 32.1 Å². The summed E-state index contributed by atoms with van der Waals surface area (Å²) in [5, 5.41) is 18.4. The van der Waals surface area contributed by atoms with Crippen molar-refractivity contribution in [3.05, 3.63) is 0 Å². The lowest BCUT2D eigenvalue weighted by Gasteiger charge is -2.32. The van der Waals surface area contributed by atoms with Crippen molar-refractivity contribution in [2.75, 3.05) is 13.1 Å². The van der Waals surface area contributed by atoms with Gasteiger partial charge in [0.2, 0.25) is 11.8 Å². The van der Waals surface area contributed by atoms with Crippen LogP contribution >= 0.6 is 0 Å². The van der Waals surface area contributed by atoms with Gasteiger partial charge < -0.3 is 16.0 Å². The minimum absolute atomic E-state index is 0.0101. The van der Waals surface area contributed by atoms with E-state index >= 15 is 0 Å². The summed E-state index contributed by atoms with van der Waals surface area (Å²) in [6.45, 7) is 1.63. The smallest absolute Gasteiger partial charge is 0.238 e. The third kappa shape index (κ3) is 3.89. The molecule has 0 aromatic heterocycles. The minimum Gasteiger partial charge on any atom is -0.356 e. The van der Waals surface area contributed by atoms with Crippen LogP contribution in [0.15, 0.2) is 0 Å². The normalized spacial score (nSPS) is 30.4. The number of nitrogens with zero attached hydrogens (tertiary/aromatic N) is 1. The van der Waals surface area contributed by atoms with E-state index in [2.05, 4.69) is 22.0 Å². The van der Waals surface area contributed by atoms with E-state index in [1.54, 1.807) is 0 Å².